The SMILES string of the molecule is CN1C2COCC1CC(O)(c1cnc3ccnn3c1)C2. The first-order valence-electron chi connectivity index (χ1n) is 6.98. The van der Waals surface area contributed by atoms with Gasteiger partial charge in [0.05, 0.1) is 25.0 Å². The Morgan fingerprint density at radius 2 is 2.10 bits per heavy atom. The lowest BCUT2D eigenvalue weighted by atomic mass is 9.78. The van der Waals surface area contributed by atoms with Crippen molar-refractivity contribution in [2.75, 3.05) is 20.3 Å². The second kappa shape index (κ2) is 4.25. The van der Waals surface area contributed by atoms with Crippen molar-refractivity contribution in [1.29, 1.82) is 0 Å². The van der Waals surface area contributed by atoms with Crippen molar-refractivity contribution in [3.05, 3.63) is 30.2 Å². The van der Waals surface area contributed by atoms with E-state index in [1.54, 1.807) is 16.9 Å². The number of hydrogen-bond donors (Lipinski definition) is 1. The van der Waals surface area contributed by atoms with E-state index in [0.717, 1.165) is 11.2 Å². The number of aromatic nitrogens is 3. The van der Waals surface area contributed by atoms with E-state index in [2.05, 4.69) is 22.0 Å². The second-order valence-corrected chi connectivity index (χ2v) is 5.93. The zero-order valence-electron chi connectivity index (χ0n) is 11.4. The minimum absolute atomic E-state index is 0.265. The van der Waals surface area contributed by atoms with Crippen LogP contribution in [0.2, 0.25) is 0 Å². The summed E-state index contributed by atoms with van der Waals surface area (Å²) in [4.78, 5) is 6.70. The average molecular weight is 274 g/mol. The zero-order valence-corrected chi connectivity index (χ0v) is 11.4. The number of rotatable bonds is 1. The molecule has 0 amide bonds. The van der Waals surface area contributed by atoms with Gasteiger partial charge in [-0.25, -0.2) is 9.50 Å². The maximum atomic E-state index is 11.1. The molecule has 0 saturated carbocycles. The predicted octanol–water partition coefficient (Wildman–Crippen LogP) is 0.410. The second-order valence-electron chi connectivity index (χ2n) is 5.93. The predicted molar refractivity (Wildman–Crippen MR) is 72.3 cm³/mol. The molecule has 2 atom stereocenters. The van der Waals surface area contributed by atoms with Gasteiger partial charge in [0.25, 0.3) is 0 Å². The van der Waals surface area contributed by atoms with Gasteiger partial charge in [-0.1, -0.05) is 0 Å². The van der Waals surface area contributed by atoms with Crippen molar-refractivity contribution < 1.29 is 9.84 Å². The molecule has 0 aliphatic carbocycles. The van der Waals surface area contributed by atoms with Gasteiger partial charge in [-0.2, -0.15) is 5.10 Å². The van der Waals surface area contributed by atoms with E-state index in [9.17, 15) is 5.11 Å². The van der Waals surface area contributed by atoms with Gasteiger partial charge in [0.1, 0.15) is 0 Å². The van der Waals surface area contributed by atoms with Gasteiger partial charge < -0.3 is 9.84 Å². The van der Waals surface area contributed by atoms with Crippen molar-refractivity contribution in [3.63, 3.8) is 0 Å². The van der Waals surface area contributed by atoms with Crippen LogP contribution in [-0.2, 0) is 10.3 Å². The molecule has 4 rings (SSSR count). The highest BCUT2D eigenvalue weighted by Gasteiger charge is 2.45. The molecule has 2 aromatic rings. The number of aliphatic hydroxyl groups is 1. The minimum atomic E-state index is -0.835. The number of nitrogens with zero attached hydrogens (tertiary/aromatic N) is 4. The standard InChI is InChI=1S/C14H18N4O2/c1-17-11-4-14(19,5-12(17)9-20-8-11)10-6-15-13-2-3-16-18(13)7-10/h2-3,6-7,11-12,19H,4-5,8-9H2,1H3. The summed E-state index contributed by atoms with van der Waals surface area (Å²) in [6.45, 7) is 1.37. The summed E-state index contributed by atoms with van der Waals surface area (Å²) >= 11 is 0. The monoisotopic (exact) mass is 274 g/mol. The van der Waals surface area contributed by atoms with Crippen LogP contribution in [0.25, 0.3) is 5.65 Å². The molecule has 106 valence electrons. The number of piperidine rings is 1. The summed E-state index contributed by atoms with van der Waals surface area (Å²) in [7, 11) is 2.12. The maximum absolute atomic E-state index is 11.1. The van der Waals surface area contributed by atoms with Crippen LogP contribution in [0.3, 0.4) is 0 Å². The van der Waals surface area contributed by atoms with Crippen LogP contribution in [-0.4, -0.2) is 56.9 Å². The minimum Gasteiger partial charge on any atom is -0.385 e. The molecule has 6 heteroatoms. The van der Waals surface area contributed by atoms with E-state index in [0.29, 0.717) is 26.1 Å². The molecule has 6 nitrogen and oxygen atoms in total. The smallest absolute Gasteiger partial charge is 0.154 e. The fraction of sp³-hybridized carbons (Fsp3) is 0.571. The van der Waals surface area contributed by atoms with Crippen LogP contribution >= 0.6 is 0 Å². The highest BCUT2D eigenvalue weighted by Crippen LogP contribution is 2.39. The first-order valence-corrected chi connectivity index (χ1v) is 6.98. The van der Waals surface area contributed by atoms with Crippen molar-refractivity contribution in [2.24, 2.45) is 0 Å². The third kappa shape index (κ3) is 1.76. The Kier molecular flexibility index (Phi) is 2.60. The summed E-state index contributed by atoms with van der Waals surface area (Å²) < 4.78 is 7.33. The van der Waals surface area contributed by atoms with E-state index in [1.165, 1.54) is 0 Å². The molecule has 0 aromatic carbocycles. The van der Waals surface area contributed by atoms with Crippen LogP contribution in [0, 0.1) is 0 Å². The fourth-order valence-corrected chi connectivity index (χ4v) is 3.43. The van der Waals surface area contributed by atoms with Gasteiger partial charge in [-0.3, -0.25) is 4.90 Å². The van der Waals surface area contributed by atoms with E-state index < -0.39 is 5.60 Å². The Labute approximate surface area is 117 Å². The van der Waals surface area contributed by atoms with E-state index in [-0.39, 0.29) is 12.1 Å². The first kappa shape index (κ1) is 12.3. The molecular weight excluding hydrogens is 256 g/mol. The van der Waals surface area contributed by atoms with Crippen LogP contribution in [0.5, 0.6) is 0 Å². The number of morpholine rings is 1. The molecule has 2 saturated heterocycles. The van der Waals surface area contributed by atoms with Gasteiger partial charge in [0, 0.05) is 36.1 Å². The topological polar surface area (TPSA) is 62.9 Å². The lowest BCUT2D eigenvalue weighted by Gasteiger charge is -2.50. The van der Waals surface area contributed by atoms with E-state index >= 15 is 0 Å². The van der Waals surface area contributed by atoms with Gasteiger partial charge in [0.2, 0.25) is 0 Å². The number of likely N-dealkylation sites (N-methyl/N-ethyl adjacent to an activating group) is 1. The number of hydrogen-bond acceptors (Lipinski definition) is 5. The van der Waals surface area contributed by atoms with Crippen molar-refractivity contribution in [1.82, 2.24) is 19.5 Å². The van der Waals surface area contributed by atoms with Gasteiger partial charge >= 0.3 is 0 Å². The first-order chi connectivity index (χ1) is 9.66. The third-order valence-electron chi connectivity index (χ3n) is 4.70. The van der Waals surface area contributed by atoms with Crippen LogP contribution < -0.4 is 0 Å². The highest BCUT2D eigenvalue weighted by atomic mass is 16.5. The summed E-state index contributed by atoms with van der Waals surface area (Å²) in [5.41, 5.74) is 0.811. The summed E-state index contributed by atoms with van der Waals surface area (Å²) in [6.07, 6.45) is 6.74. The fourth-order valence-electron chi connectivity index (χ4n) is 3.43. The van der Waals surface area contributed by atoms with Crippen molar-refractivity contribution in [2.45, 2.75) is 30.5 Å². The largest absolute Gasteiger partial charge is 0.385 e. The lowest BCUT2D eigenvalue weighted by Crippen LogP contribution is -2.59. The Morgan fingerprint density at radius 3 is 2.85 bits per heavy atom. The molecule has 2 bridgehead atoms. The average Bonchev–Trinajstić information content (AvgIpc) is 2.88. The maximum Gasteiger partial charge on any atom is 0.154 e. The molecule has 1 N–H and O–H groups in total. The third-order valence-corrected chi connectivity index (χ3v) is 4.70. The van der Waals surface area contributed by atoms with Crippen LogP contribution in [0.4, 0.5) is 0 Å². The molecule has 2 fully saturated rings. The number of ether oxygens (including phenoxy) is 1. The summed E-state index contributed by atoms with van der Waals surface area (Å²) in [5.74, 6) is 0. The van der Waals surface area contributed by atoms with Crippen LogP contribution in [0.1, 0.15) is 18.4 Å². The molecule has 2 aliphatic heterocycles. The Hall–Kier alpha value is -1.50. The number of fused-ring (bicyclic) bond motifs is 3. The van der Waals surface area contributed by atoms with E-state index in [4.69, 9.17) is 4.74 Å². The molecule has 0 spiro atoms. The molecule has 0 radical (unpaired) electrons. The molecular formula is C14H18N4O2. The summed E-state index contributed by atoms with van der Waals surface area (Å²) in [5, 5.41) is 15.3. The quantitative estimate of drug-likeness (QED) is 0.816. The molecule has 2 aliphatic rings. The van der Waals surface area contributed by atoms with Gasteiger partial charge in [-0.05, 0) is 19.9 Å². The summed E-state index contributed by atoms with van der Waals surface area (Å²) in [6, 6.07) is 2.38. The molecule has 4 heterocycles. The van der Waals surface area contributed by atoms with Gasteiger partial charge in [0.15, 0.2) is 5.65 Å². The lowest BCUT2D eigenvalue weighted by molar-refractivity contribution is -0.138. The normalized spacial score (nSPS) is 34.5. The Morgan fingerprint density at radius 1 is 1.35 bits per heavy atom. The van der Waals surface area contributed by atoms with Crippen molar-refractivity contribution in [3.8, 4) is 0 Å². The Bertz CT molecular complexity index is 627. The Balaban J connectivity index is 1.72. The molecule has 2 unspecified atom stereocenters. The zero-order chi connectivity index (χ0) is 13.7. The van der Waals surface area contributed by atoms with Crippen molar-refractivity contribution >= 4 is 5.65 Å². The van der Waals surface area contributed by atoms with E-state index in [1.807, 2.05) is 12.3 Å². The molecule has 20 heavy (non-hydrogen) atoms. The highest BCUT2D eigenvalue weighted by molar-refractivity contribution is 5.37. The van der Waals surface area contributed by atoms with Gasteiger partial charge in [-0.15, -0.1) is 0 Å². The van der Waals surface area contributed by atoms with Crippen LogP contribution in [0.15, 0.2) is 24.7 Å². The molecule has 2 aromatic heterocycles.